The molecule has 1 heterocycles. The molecule has 7 nitrogen and oxygen atoms in total. The summed E-state index contributed by atoms with van der Waals surface area (Å²) in [5, 5.41) is 11.1. The van der Waals surface area contributed by atoms with E-state index in [-0.39, 0.29) is 33.6 Å². The second-order valence-corrected chi connectivity index (χ2v) is 9.49. The van der Waals surface area contributed by atoms with Crippen LogP contribution >= 0.6 is 46.0 Å². The van der Waals surface area contributed by atoms with Crippen LogP contribution in [0.3, 0.4) is 0 Å². The van der Waals surface area contributed by atoms with Crippen molar-refractivity contribution in [2.24, 2.45) is 4.99 Å². The van der Waals surface area contributed by atoms with Crippen LogP contribution < -0.4 is 9.47 Å². The van der Waals surface area contributed by atoms with Crippen molar-refractivity contribution in [3.8, 4) is 11.5 Å². The van der Waals surface area contributed by atoms with Crippen LogP contribution in [0, 0.1) is 3.57 Å². The molecule has 1 amide bonds. The summed E-state index contributed by atoms with van der Waals surface area (Å²) in [6.07, 6.45) is 3.29. The van der Waals surface area contributed by atoms with Gasteiger partial charge in [0.15, 0.2) is 11.5 Å². The largest absolute Gasteiger partial charge is 0.506 e. The summed E-state index contributed by atoms with van der Waals surface area (Å²) in [5.74, 6) is -0.708. The van der Waals surface area contributed by atoms with Gasteiger partial charge < -0.3 is 19.3 Å². The van der Waals surface area contributed by atoms with E-state index in [9.17, 15) is 14.7 Å². The number of methoxy groups -OCH3 is 1. The molecule has 35 heavy (non-hydrogen) atoms. The summed E-state index contributed by atoms with van der Waals surface area (Å²) in [5.41, 5.74) is 0.668. The molecule has 10 heteroatoms. The molecule has 0 aliphatic carbocycles. The lowest BCUT2D eigenvalue weighted by atomic mass is 10.1. The zero-order chi connectivity index (χ0) is 25.5. The third-order valence-corrected chi connectivity index (χ3v) is 6.72. The van der Waals surface area contributed by atoms with Gasteiger partial charge >= 0.3 is 5.97 Å². The minimum Gasteiger partial charge on any atom is -0.506 e. The van der Waals surface area contributed by atoms with Gasteiger partial charge in [0, 0.05) is 0 Å². The second-order valence-electron chi connectivity index (χ2n) is 6.89. The van der Waals surface area contributed by atoms with Crippen LogP contribution in [0.2, 0.25) is 5.02 Å². The van der Waals surface area contributed by atoms with E-state index < -0.39 is 11.9 Å². The van der Waals surface area contributed by atoms with E-state index in [2.05, 4.69) is 34.2 Å². The average Bonchev–Trinajstić information content (AvgIpc) is 3.12. The Hall–Kier alpha value is -2.76. The van der Waals surface area contributed by atoms with Gasteiger partial charge in [-0.25, -0.2) is 9.79 Å². The van der Waals surface area contributed by atoms with E-state index in [1.54, 1.807) is 43.3 Å². The third-order valence-electron chi connectivity index (χ3n) is 4.57. The molecule has 0 bridgehead atoms. The van der Waals surface area contributed by atoms with E-state index in [0.29, 0.717) is 28.6 Å². The first-order valence-corrected chi connectivity index (χ1v) is 12.6. The van der Waals surface area contributed by atoms with Gasteiger partial charge in [-0.2, -0.15) is 0 Å². The molecule has 1 aliphatic heterocycles. The molecule has 0 fully saturated rings. The van der Waals surface area contributed by atoms with Crippen molar-refractivity contribution in [3.63, 3.8) is 0 Å². The van der Waals surface area contributed by atoms with Crippen molar-refractivity contribution in [3.05, 3.63) is 85.0 Å². The molecular weight excluding hydrogens is 605 g/mol. The summed E-state index contributed by atoms with van der Waals surface area (Å²) in [6, 6.07) is 10.0. The zero-order valence-corrected chi connectivity index (χ0v) is 22.6. The summed E-state index contributed by atoms with van der Waals surface area (Å²) in [7, 11) is 1.52. The number of amides is 1. The lowest BCUT2D eigenvalue weighted by Gasteiger charge is -2.12. The number of thioether (sulfide) groups is 1. The van der Waals surface area contributed by atoms with E-state index >= 15 is 0 Å². The number of nitrogens with zero attached hydrogens (tertiary/aromatic N) is 1. The Balaban J connectivity index is 2.04. The topological polar surface area (TPSA) is 94.4 Å². The molecule has 1 N–H and O–H groups in total. The Morgan fingerprint density at radius 1 is 1.29 bits per heavy atom. The molecule has 182 valence electrons. The van der Waals surface area contributed by atoms with E-state index in [0.717, 1.165) is 15.3 Å². The minimum atomic E-state index is -0.785. The van der Waals surface area contributed by atoms with Crippen LogP contribution in [0.1, 0.15) is 22.8 Å². The quantitative estimate of drug-likeness (QED) is 0.212. The third kappa shape index (κ3) is 6.28. The number of rotatable bonds is 8. The number of hydrogen-bond donors (Lipinski definition) is 1. The van der Waals surface area contributed by atoms with Gasteiger partial charge in [0.2, 0.25) is 0 Å². The van der Waals surface area contributed by atoms with Crippen LogP contribution in [0.4, 0.5) is 0 Å². The molecule has 0 spiro atoms. The van der Waals surface area contributed by atoms with Crippen molar-refractivity contribution in [2.75, 3.05) is 20.3 Å². The monoisotopic (exact) mass is 625 g/mol. The fraction of sp³-hybridized carbons (Fsp3) is 0.160. The highest BCUT2D eigenvalue weighted by molar-refractivity contribution is 14.1. The molecule has 2 aromatic carbocycles. The number of ether oxygens (including phenoxy) is 3. The number of aliphatic imine (C=N–C) groups is 1. The fourth-order valence-electron chi connectivity index (χ4n) is 3.04. The lowest BCUT2D eigenvalue weighted by Crippen LogP contribution is -2.14. The minimum absolute atomic E-state index is 0.0183. The molecule has 0 aromatic heterocycles. The molecule has 0 unspecified atom stereocenters. The van der Waals surface area contributed by atoms with Gasteiger partial charge in [-0.3, -0.25) is 4.79 Å². The standard InChI is InChI=1S/C25H21ClINO6S/c1-4-10-34-22-17(27)11-14(12-18(22)32-3)13-19-21(29)20(25(31)33-5-2)24(35-19)28-23(30)15-8-6-7-9-16(15)26/h4,6-9,11-13,29H,1,5,10H2,2-3H3/b19-13-,28-24?. The maximum Gasteiger partial charge on any atom is 0.344 e. The van der Waals surface area contributed by atoms with Gasteiger partial charge in [-0.1, -0.05) is 48.2 Å². The normalized spacial score (nSPS) is 15.4. The van der Waals surface area contributed by atoms with Crippen molar-refractivity contribution in [2.45, 2.75) is 6.92 Å². The number of carbonyl (C=O) groups is 2. The molecule has 0 atom stereocenters. The second kappa shape index (κ2) is 12.3. The first kappa shape index (κ1) is 26.8. The highest BCUT2D eigenvalue weighted by Crippen LogP contribution is 2.41. The van der Waals surface area contributed by atoms with E-state index in [1.807, 2.05) is 6.07 Å². The van der Waals surface area contributed by atoms with Gasteiger partial charge in [-0.05, 0) is 65.4 Å². The van der Waals surface area contributed by atoms with Crippen LogP contribution in [0.25, 0.3) is 6.08 Å². The van der Waals surface area contributed by atoms with Gasteiger partial charge in [0.25, 0.3) is 5.91 Å². The number of aliphatic hydroxyl groups excluding tert-OH is 1. The number of benzene rings is 2. The highest BCUT2D eigenvalue weighted by atomic mass is 127. The van der Waals surface area contributed by atoms with Crippen molar-refractivity contribution in [1.82, 2.24) is 0 Å². The molecule has 3 rings (SSSR count). The highest BCUT2D eigenvalue weighted by Gasteiger charge is 2.34. The number of carbonyl (C=O) groups excluding carboxylic acids is 2. The first-order chi connectivity index (χ1) is 16.8. The molecular formula is C25H21ClINO6S. The summed E-state index contributed by atoms with van der Waals surface area (Å²) < 4.78 is 17.0. The Bertz CT molecular complexity index is 1270. The fourth-order valence-corrected chi connectivity index (χ4v) is 5.05. The molecule has 0 saturated heterocycles. The van der Waals surface area contributed by atoms with Gasteiger partial charge in [-0.15, -0.1) is 0 Å². The van der Waals surface area contributed by atoms with Gasteiger partial charge in [0.1, 0.15) is 23.0 Å². The van der Waals surface area contributed by atoms with E-state index in [1.165, 1.54) is 13.2 Å². The number of esters is 1. The Morgan fingerprint density at radius 2 is 2.03 bits per heavy atom. The lowest BCUT2D eigenvalue weighted by molar-refractivity contribution is -0.138. The van der Waals surface area contributed by atoms with Crippen molar-refractivity contribution in [1.29, 1.82) is 0 Å². The first-order valence-electron chi connectivity index (χ1n) is 10.3. The molecule has 0 saturated carbocycles. The van der Waals surface area contributed by atoms with Crippen molar-refractivity contribution < 1.29 is 28.9 Å². The molecule has 1 aliphatic rings. The average molecular weight is 626 g/mol. The van der Waals surface area contributed by atoms with Crippen LogP contribution in [0.5, 0.6) is 11.5 Å². The number of hydrogen-bond acceptors (Lipinski definition) is 7. The molecule has 0 radical (unpaired) electrons. The van der Waals surface area contributed by atoms with E-state index in [4.69, 9.17) is 25.8 Å². The SMILES string of the molecule is C=CCOc1c(I)cc(/C=C2\SC(=NC(=O)c3ccccc3Cl)C(C(=O)OCC)=C2O)cc1OC. The maximum absolute atomic E-state index is 12.8. The van der Waals surface area contributed by atoms with Crippen molar-refractivity contribution >= 4 is 68.9 Å². The summed E-state index contributed by atoms with van der Waals surface area (Å²) in [6.45, 7) is 5.69. The Morgan fingerprint density at radius 3 is 2.69 bits per heavy atom. The number of aliphatic hydroxyl groups is 1. The summed E-state index contributed by atoms with van der Waals surface area (Å²) >= 11 is 9.21. The zero-order valence-electron chi connectivity index (χ0n) is 18.8. The Kier molecular flexibility index (Phi) is 9.41. The molecule has 2 aromatic rings. The van der Waals surface area contributed by atoms with Gasteiger partial charge in [0.05, 0.1) is 32.8 Å². The van der Waals surface area contributed by atoms with Crippen LogP contribution in [0.15, 0.2) is 70.3 Å². The summed E-state index contributed by atoms with van der Waals surface area (Å²) in [4.78, 5) is 29.8. The maximum atomic E-state index is 12.8. The predicted octanol–water partition coefficient (Wildman–Crippen LogP) is 6.22. The number of halogens is 2. The van der Waals surface area contributed by atoms with Crippen LogP contribution in [-0.2, 0) is 9.53 Å². The van der Waals surface area contributed by atoms with Crippen LogP contribution in [-0.4, -0.2) is 42.4 Å². The predicted molar refractivity (Wildman–Crippen MR) is 146 cm³/mol. The Labute approximate surface area is 225 Å². The smallest absolute Gasteiger partial charge is 0.344 e.